The van der Waals surface area contributed by atoms with Crippen molar-refractivity contribution in [1.82, 2.24) is 4.90 Å². The van der Waals surface area contributed by atoms with E-state index in [1.54, 1.807) is 12.1 Å². The largest absolute Gasteiger partial charge is 0.493 e. The average molecular weight is 553 g/mol. The van der Waals surface area contributed by atoms with E-state index in [1.807, 2.05) is 55.5 Å². The van der Waals surface area contributed by atoms with Crippen LogP contribution in [-0.2, 0) is 12.7 Å². The summed E-state index contributed by atoms with van der Waals surface area (Å²) in [5.74, 6) is 0.753. The van der Waals surface area contributed by atoms with Gasteiger partial charge in [0.1, 0.15) is 5.75 Å². The molecule has 4 rings (SSSR count). The zero-order valence-corrected chi connectivity index (χ0v) is 22.6. The van der Waals surface area contributed by atoms with Gasteiger partial charge in [0.05, 0.1) is 17.2 Å². The molecule has 204 valence electrons. The molecule has 0 bridgehead atoms. The lowest BCUT2D eigenvalue weighted by atomic mass is 9.90. The Labute approximate surface area is 233 Å². The molecule has 39 heavy (non-hydrogen) atoms. The monoisotopic (exact) mass is 552 g/mol. The number of nitrogen functional groups attached to an aromatic ring is 1. The second kappa shape index (κ2) is 13.0. The molecule has 0 aromatic heterocycles. The molecule has 4 aromatic carbocycles. The van der Waals surface area contributed by atoms with Gasteiger partial charge in [-0.25, -0.2) is 0 Å². The van der Waals surface area contributed by atoms with Gasteiger partial charge < -0.3 is 10.5 Å². The van der Waals surface area contributed by atoms with Gasteiger partial charge in [-0.05, 0) is 47.7 Å². The molecule has 0 fully saturated rings. The van der Waals surface area contributed by atoms with Gasteiger partial charge in [-0.2, -0.15) is 13.2 Å². The van der Waals surface area contributed by atoms with Crippen LogP contribution in [0.4, 0.5) is 18.9 Å². The van der Waals surface area contributed by atoms with Crippen LogP contribution < -0.4 is 10.5 Å². The van der Waals surface area contributed by atoms with Crippen molar-refractivity contribution in [3.63, 3.8) is 0 Å². The number of hydrogen-bond donors (Lipinski definition) is 1. The molecule has 4 aromatic rings. The van der Waals surface area contributed by atoms with Crippen molar-refractivity contribution < 1.29 is 17.9 Å². The smallest absolute Gasteiger partial charge is 0.417 e. The van der Waals surface area contributed by atoms with E-state index in [4.69, 9.17) is 22.1 Å². The van der Waals surface area contributed by atoms with E-state index in [-0.39, 0.29) is 17.5 Å². The Morgan fingerprint density at radius 2 is 1.51 bits per heavy atom. The van der Waals surface area contributed by atoms with E-state index in [0.717, 1.165) is 28.5 Å². The first-order chi connectivity index (χ1) is 18.7. The lowest BCUT2D eigenvalue weighted by Crippen LogP contribution is -2.31. The number of benzene rings is 4. The van der Waals surface area contributed by atoms with Crippen molar-refractivity contribution in [2.45, 2.75) is 32.0 Å². The summed E-state index contributed by atoms with van der Waals surface area (Å²) in [5, 5.41) is -0.252. The third-order valence-electron chi connectivity index (χ3n) is 6.71. The van der Waals surface area contributed by atoms with Crippen LogP contribution in [0.15, 0.2) is 97.1 Å². The fourth-order valence-electron chi connectivity index (χ4n) is 4.67. The number of nitrogens with zero attached hydrogens (tertiary/aromatic N) is 1. The number of aryl methyl sites for hydroxylation is 1. The molecular weight excluding hydrogens is 521 g/mol. The minimum atomic E-state index is -4.52. The molecule has 0 spiro atoms. The summed E-state index contributed by atoms with van der Waals surface area (Å²) >= 11 is 6.30. The molecule has 0 aliphatic heterocycles. The summed E-state index contributed by atoms with van der Waals surface area (Å²) in [6.45, 7) is 3.87. The van der Waals surface area contributed by atoms with E-state index in [0.29, 0.717) is 37.4 Å². The molecule has 3 nitrogen and oxygen atoms in total. The predicted octanol–water partition coefficient (Wildman–Crippen LogP) is 8.35. The van der Waals surface area contributed by atoms with Crippen LogP contribution in [0.2, 0.25) is 5.02 Å². The molecule has 0 aliphatic rings. The van der Waals surface area contributed by atoms with Gasteiger partial charge in [0.15, 0.2) is 0 Å². The molecule has 0 aliphatic carbocycles. The third kappa shape index (κ3) is 7.78. The van der Waals surface area contributed by atoms with Crippen LogP contribution in [0, 0.1) is 6.92 Å². The van der Waals surface area contributed by atoms with E-state index < -0.39 is 11.7 Å². The molecule has 0 unspecified atom stereocenters. The Morgan fingerprint density at radius 1 is 0.872 bits per heavy atom. The van der Waals surface area contributed by atoms with Crippen LogP contribution in [0.5, 0.6) is 5.75 Å². The standard InChI is InChI=1S/C32H32ClF3N2O/c1-23-16-17-27(37)20-30(23)39-19-9-18-38(21-26-14-8-15-29(31(26)33)32(34,35)36)22-28(24-10-4-2-5-11-24)25-12-6-3-7-13-25/h2-8,10-17,20,28H,9,18-19,21-22,37H2,1H3. The summed E-state index contributed by atoms with van der Waals surface area (Å²) in [6.07, 6.45) is -3.85. The first-order valence-corrected chi connectivity index (χ1v) is 13.3. The van der Waals surface area contributed by atoms with Gasteiger partial charge in [-0.3, -0.25) is 4.90 Å². The maximum Gasteiger partial charge on any atom is 0.417 e. The number of anilines is 1. The van der Waals surface area contributed by atoms with Crippen LogP contribution in [0.25, 0.3) is 0 Å². The van der Waals surface area contributed by atoms with Crippen molar-refractivity contribution >= 4 is 17.3 Å². The van der Waals surface area contributed by atoms with Crippen LogP contribution in [0.3, 0.4) is 0 Å². The fraction of sp³-hybridized carbons (Fsp3) is 0.250. The molecule has 2 N–H and O–H groups in total. The zero-order valence-electron chi connectivity index (χ0n) is 21.8. The zero-order chi connectivity index (χ0) is 27.8. The lowest BCUT2D eigenvalue weighted by Gasteiger charge is -2.29. The second-order valence-electron chi connectivity index (χ2n) is 9.61. The van der Waals surface area contributed by atoms with E-state index >= 15 is 0 Å². The first-order valence-electron chi connectivity index (χ1n) is 12.9. The van der Waals surface area contributed by atoms with Crippen molar-refractivity contribution in [3.8, 4) is 5.75 Å². The summed E-state index contributed by atoms with van der Waals surface area (Å²) in [6, 6.07) is 29.9. The SMILES string of the molecule is Cc1ccc(N)cc1OCCCN(Cc1cccc(C(F)(F)F)c1Cl)CC(c1ccccc1)c1ccccc1. The Bertz CT molecular complexity index is 1310. The minimum Gasteiger partial charge on any atom is -0.493 e. The predicted molar refractivity (Wildman–Crippen MR) is 152 cm³/mol. The summed E-state index contributed by atoms with van der Waals surface area (Å²) in [4.78, 5) is 2.15. The highest BCUT2D eigenvalue weighted by Crippen LogP contribution is 2.37. The molecule has 0 radical (unpaired) electrons. The summed E-state index contributed by atoms with van der Waals surface area (Å²) in [5.41, 5.74) is 9.43. The van der Waals surface area contributed by atoms with Gasteiger partial charge in [0.2, 0.25) is 0 Å². The molecule has 0 saturated carbocycles. The molecule has 0 heterocycles. The quantitative estimate of drug-likeness (QED) is 0.150. The van der Waals surface area contributed by atoms with Gasteiger partial charge >= 0.3 is 6.18 Å². The maximum atomic E-state index is 13.6. The maximum absolute atomic E-state index is 13.6. The van der Waals surface area contributed by atoms with E-state index in [9.17, 15) is 13.2 Å². The highest BCUT2D eigenvalue weighted by Gasteiger charge is 2.34. The van der Waals surface area contributed by atoms with Crippen LogP contribution in [-0.4, -0.2) is 24.6 Å². The lowest BCUT2D eigenvalue weighted by molar-refractivity contribution is -0.137. The van der Waals surface area contributed by atoms with Gasteiger partial charge in [-0.1, -0.05) is 90.5 Å². The Balaban J connectivity index is 1.58. The minimum absolute atomic E-state index is 0.0223. The molecule has 0 amide bonds. The van der Waals surface area contributed by atoms with Gasteiger partial charge in [0.25, 0.3) is 0 Å². The van der Waals surface area contributed by atoms with Gasteiger partial charge in [0, 0.05) is 37.3 Å². The number of halogens is 4. The van der Waals surface area contributed by atoms with Crippen LogP contribution >= 0.6 is 11.6 Å². The second-order valence-corrected chi connectivity index (χ2v) is 9.99. The highest BCUT2D eigenvalue weighted by molar-refractivity contribution is 6.32. The summed E-state index contributed by atoms with van der Waals surface area (Å²) in [7, 11) is 0. The molecule has 7 heteroatoms. The van der Waals surface area contributed by atoms with Crippen molar-refractivity contribution in [2.75, 3.05) is 25.4 Å². The number of ether oxygens (including phenoxy) is 1. The Kier molecular flexibility index (Phi) is 9.54. The van der Waals surface area contributed by atoms with Crippen molar-refractivity contribution in [3.05, 3.63) is 130 Å². The summed E-state index contributed by atoms with van der Waals surface area (Å²) < 4.78 is 46.7. The van der Waals surface area contributed by atoms with E-state index in [1.165, 1.54) is 6.07 Å². The highest BCUT2D eigenvalue weighted by atomic mass is 35.5. The normalized spacial score (nSPS) is 11.8. The van der Waals surface area contributed by atoms with E-state index in [2.05, 4.69) is 29.2 Å². The first kappa shape index (κ1) is 28.5. The molecule has 0 saturated heterocycles. The number of rotatable bonds is 11. The van der Waals surface area contributed by atoms with Gasteiger partial charge in [-0.15, -0.1) is 0 Å². The van der Waals surface area contributed by atoms with Crippen molar-refractivity contribution in [1.29, 1.82) is 0 Å². The van der Waals surface area contributed by atoms with Crippen LogP contribution in [0.1, 0.15) is 40.2 Å². The fourth-order valence-corrected chi connectivity index (χ4v) is 4.96. The Hall–Kier alpha value is -3.48. The average Bonchev–Trinajstić information content (AvgIpc) is 2.92. The number of alkyl halides is 3. The third-order valence-corrected chi connectivity index (χ3v) is 7.16. The number of nitrogens with two attached hydrogens (primary N) is 1. The number of hydrogen-bond acceptors (Lipinski definition) is 3. The van der Waals surface area contributed by atoms with Crippen molar-refractivity contribution in [2.24, 2.45) is 0 Å². The topological polar surface area (TPSA) is 38.5 Å². The Morgan fingerprint density at radius 3 is 2.13 bits per heavy atom. The molecule has 0 atom stereocenters. The molecular formula is C32H32ClF3N2O.